The molecule has 1 unspecified atom stereocenters. The average molecular weight is 366 g/mol. The maximum atomic E-state index is 3.72. The monoisotopic (exact) mass is 365 g/mol. The van der Waals surface area contributed by atoms with Crippen LogP contribution in [0.4, 0.5) is 0 Å². The molecule has 2 aromatic rings. The van der Waals surface area contributed by atoms with E-state index in [9.17, 15) is 0 Å². The fraction of sp³-hybridized carbons (Fsp3) is 0.444. The Kier molecular flexibility index (Phi) is 6.03. The number of thiophene rings is 1. The molecule has 21 heavy (non-hydrogen) atoms. The van der Waals surface area contributed by atoms with Crippen molar-refractivity contribution in [3.8, 4) is 0 Å². The number of aryl methyl sites for hydroxylation is 2. The minimum atomic E-state index is 0.400. The zero-order chi connectivity index (χ0) is 15.4. The SMILES string of the molecule is CCc1ccc(C(NCc2cc(Br)c(C)s2)C(C)C)cc1. The largest absolute Gasteiger partial charge is 0.305 e. The van der Waals surface area contributed by atoms with Crippen molar-refractivity contribution in [3.05, 3.63) is 55.7 Å². The van der Waals surface area contributed by atoms with Gasteiger partial charge >= 0.3 is 0 Å². The van der Waals surface area contributed by atoms with Gasteiger partial charge in [-0.2, -0.15) is 0 Å². The van der Waals surface area contributed by atoms with Gasteiger partial charge in [0.25, 0.3) is 0 Å². The summed E-state index contributed by atoms with van der Waals surface area (Å²) in [5.41, 5.74) is 2.79. The molecule has 0 spiro atoms. The molecule has 3 heteroatoms. The Labute approximate surface area is 140 Å². The Bertz CT molecular complexity index is 552. The maximum absolute atomic E-state index is 3.72. The molecular formula is C18H24BrNS. The van der Waals surface area contributed by atoms with E-state index in [1.165, 1.54) is 25.4 Å². The van der Waals surface area contributed by atoms with Crippen LogP contribution in [0.25, 0.3) is 0 Å². The number of benzene rings is 1. The summed E-state index contributed by atoms with van der Waals surface area (Å²) in [5, 5.41) is 3.72. The van der Waals surface area contributed by atoms with E-state index in [0.29, 0.717) is 12.0 Å². The lowest BCUT2D eigenvalue weighted by molar-refractivity contribution is 0.412. The fourth-order valence-electron chi connectivity index (χ4n) is 2.51. The minimum Gasteiger partial charge on any atom is -0.305 e. The normalized spacial score (nSPS) is 12.9. The van der Waals surface area contributed by atoms with Gasteiger partial charge in [0.1, 0.15) is 0 Å². The van der Waals surface area contributed by atoms with Crippen LogP contribution >= 0.6 is 27.3 Å². The first-order valence-electron chi connectivity index (χ1n) is 7.58. The summed E-state index contributed by atoms with van der Waals surface area (Å²) in [4.78, 5) is 2.73. The van der Waals surface area contributed by atoms with Gasteiger partial charge in [-0.3, -0.25) is 0 Å². The van der Waals surface area contributed by atoms with Crippen LogP contribution in [0, 0.1) is 12.8 Å². The van der Waals surface area contributed by atoms with Crippen molar-refractivity contribution >= 4 is 27.3 Å². The molecule has 1 aromatic heterocycles. The van der Waals surface area contributed by atoms with Crippen molar-refractivity contribution in [2.75, 3.05) is 0 Å². The van der Waals surface area contributed by atoms with Gasteiger partial charge in [0.05, 0.1) is 0 Å². The number of hydrogen-bond acceptors (Lipinski definition) is 2. The second-order valence-electron chi connectivity index (χ2n) is 5.81. The van der Waals surface area contributed by atoms with Crippen molar-refractivity contribution in [2.24, 2.45) is 5.92 Å². The third-order valence-electron chi connectivity index (χ3n) is 3.82. The topological polar surface area (TPSA) is 12.0 Å². The summed E-state index contributed by atoms with van der Waals surface area (Å²) < 4.78 is 1.22. The molecule has 0 saturated carbocycles. The van der Waals surface area contributed by atoms with E-state index in [1.54, 1.807) is 0 Å². The quantitative estimate of drug-likeness (QED) is 0.674. The maximum Gasteiger partial charge on any atom is 0.0346 e. The Morgan fingerprint density at radius 1 is 1.19 bits per heavy atom. The first-order chi connectivity index (χ1) is 10.0. The van der Waals surface area contributed by atoms with Gasteiger partial charge < -0.3 is 5.32 Å². The first kappa shape index (κ1) is 16.7. The Balaban J connectivity index is 2.07. The highest BCUT2D eigenvalue weighted by Crippen LogP contribution is 2.28. The molecule has 1 N–H and O–H groups in total. The van der Waals surface area contributed by atoms with Crippen LogP contribution < -0.4 is 5.32 Å². The molecule has 114 valence electrons. The number of rotatable bonds is 6. The van der Waals surface area contributed by atoms with Gasteiger partial charge in [-0.1, -0.05) is 45.0 Å². The van der Waals surface area contributed by atoms with Crippen LogP contribution in [-0.4, -0.2) is 0 Å². The lowest BCUT2D eigenvalue weighted by atomic mass is 9.95. The minimum absolute atomic E-state index is 0.400. The molecule has 0 aliphatic rings. The molecule has 0 aliphatic carbocycles. The van der Waals surface area contributed by atoms with Crippen molar-refractivity contribution in [1.29, 1.82) is 0 Å². The van der Waals surface area contributed by atoms with Crippen LogP contribution in [0.1, 0.15) is 47.7 Å². The van der Waals surface area contributed by atoms with Gasteiger partial charge in [-0.05, 0) is 52.4 Å². The van der Waals surface area contributed by atoms with E-state index in [4.69, 9.17) is 0 Å². The zero-order valence-electron chi connectivity index (χ0n) is 13.2. The van der Waals surface area contributed by atoms with Crippen molar-refractivity contribution in [3.63, 3.8) is 0 Å². The van der Waals surface area contributed by atoms with Gasteiger partial charge in [0, 0.05) is 26.8 Å². The van der Waals surface area contributed by atoms with Crippen molar-refractivity contribution < 1.29 is 0 Å². The van der Waals surface area contributed by atoms with E-state index in [2.05, 4.69) is 79.3 Å². The van der Waals surface area contributed by atoms with E-state index >= 15 is 0 Å². The van der Waals surface area contributed by atoms with Gasteiger partial charge in [0.15, 0.2) is 0 Å². The van der Waals surface area contributed by atoms with E-state index in [-0.39, 0.29) is 0 Å². The average Bonchev–Trinajstić information content (AvgIpc) is 2.78. The van der Waals surface area contributed by atoms with Gasteiger partial charge in [-0.25, -0.2) is 0 Å². The standard InChI is InChI=1S/C18H24BrNS/c1-5-14-6-8-15(9-7-14)18(12(2)3)20-11-16-10-17(19)13(4)21-16/h6-10,12,18,20H,5,11H2,1-4H3. The molecule has 1 aromatic carbocycles. The van der Waals surface area contributed by atoms with E-state index in [1.807, 2.05) is 11.3 Å². The number of hydrogen-bond donors (Lipinski definition) is 1. The van der Waals surface area contributed by atoms with Crippen LogP contribution in [0.5, 0.6) is 0 Å². The van der Waals surface area contributed by atoms with E-state index in [0.717, 1.165) is 13.0 Å². The molecule has 1 atom stereocenters. The van der Waals surface area contributed by atoms with Crippen LogP contribution in [0.2, 0.25) is 0 Å². The lowest BCUT2D eigenvalue weighted by Gasteiger charge is -2.23. The Morgan fingerprint density at radius 2 is 1.86 bits per heavy atom. The molecule has 0 radical (unpaired) electrons. The fourth-order valence-corrected chi connectivity index (χ4v) is 4.07. The van der Waals surface area contributed by atoms with Gasteiger partial charge in [-0.15, -0.1) is 11.3 Å². The van der Waals surface area contributed by atoms with Crippen LogP contribution in [0.15, 0.2) is 34.8 Å². The third-order valence-corrected chi connectivity index (χ3v) is 5.95. The van der Waals surface area contributed by atoms with Gasteiger partial charge in [0.2, 0.25) is 0 Å². The molecule has 1 heterocycles. The highest BCUT2D eigenvalue weighted by Gasteiger charge is 2.15. The second kappa shape index (κ2) is 7.57. The van der Waals surface area contributed by atoms with E-state index < -0.39 is 0 Å². The Morgan fingerprint density at radius 3 is 2.33 bits per heavy atom. The van der Waals surface area contributed by atoms with Crippen LogP contribution in [0.3, 0.4) is 0 Å². The predicted octanol–water partition coefficient (Wildman–Crippen LogP) is 5.87. The Hall–Kier alpha value is -0.640. The first-order valence-corrected chi connectivity index (χ1v) is 9.19. The summed E-state index contributed by atoms with van der Waals surface area (Å²) in [5.74, 6) is 0.571. The molecular weight excluding hydrogens is 342 g/mol. The van der Waals surface area contributed by atoms with Crippen molar-refractivity contribution in [1.82, 2.24) is 5.32 Å². The van der Waals surface area contributed by atoms with Crippen LogP contribution in [-0.2, 0) is 13.0 Å². The molecule has 1 nitrogen and oxygen atoms in total. The molecule has 2 rings (SSSR count). The highest BCUT2D eigenvalue weighted by molar-refractivity contribution is 9.10. The number of halogens is 1. The third kappa shape index (κ3) is 4.41. The summed E-state index contributed by atoms with van der Waals surface area (Å²) >= 11 is 5.46. The molecule has 0 saturated heterocycles. The summed E-state index contributed by atoms with van der Waals surface area (Å²) in [6.07, 6.45) is 1.10. The molecule has 0 fully saturated rings. The lowest BCUT2D eigenvalue weighted by Crippen LogP contribution is -2.25. The molecule has 0 amide bonds. The highest BCUT2D eigenvalue weighted by atomic mass is 79.9. The summed E-state index contributed by atoms with van der Waals surface area (Å²) in [6.45, 7) is 9.84. The second-order valence-corrected chi connectivity index (χ2v) is 8.01. The molecule has 0 aliphatic heterocycles. The smallest absolute Gasteiger partial charge is 0.0346 e. The predicted molar refractivity (Wildman–Crippen MR) is 97.0 cm³/mol. The summed E-state index contributed by atoms with van der Waals surface area (Å²) in [7, 11) is 0. The summed E-state index contributed by atoms with van der Waals surface area (Å²) in [6, 6.07) is 11.7. The zero-order valence-corrected chi connectivity index (χ0v) is 15.6. The van der Waals surface area contributed by atoms with Crippen molar-refractivity contribution in [2.45, 2.75) is 46.7 Å². The molecule has 0 bridgehead atoms. The number of nitrogens with one attached hydrogen (secondary N) is 1.